The molecule has 3 rings (SSSR count). The number of thioether (sulfide) groups is 1. The van der Waals surface area contributed by atoms with Gasteiger partial charge in [0.05, 0.1) is 14.7 Å². The molecular formula is C20H19N3O6S2. The van der Waals surface area contributed by atoms with Crippen molar-refractivity contribution in [2.24, 2.45) is 4.40 Å². The monoisotopic (exact) mass is 461 g/mol. The molecule has 0 bridgehead atoms. The maximum atomic E-state index is 12.9. The van der Waals surface area contributed by atoms with Crippen LogP contribution in [0.5, 0.6) is 0 Å². The van der Waals surface area contributed by atoms with Crippen molar-refractivity contribution in [1.29, 1.82) is 0 Å². The Morgan fingerprint density at radius 3 is 2.45 bits per heavy atom. The van der Waals surface area contributed by atoms with Crippen LogP contribution in [0.2, 0.25) is 0 Å². The van der Waals surface area contributed by atoms with Crippen molar-refractivity contribution in [3.8, 4) is 0 Å². The number of carbonyl (C=O) groups excluding carboxylic acids is 1. The average Bonchev–Trinajstić information content (AvgIpc) is 3.03. The number of hydrogen-bond acceptors (Lipinski definition) is 7. The molecule has 2 aromatic rings. The van der Waals surface area contributed by atoms with Gasteiger partial charge in [0.2, 0.25) is 0 Å². The molecule has 0 aliphatic carbocycles. The quantitative estimate of drug-likeness (QED) is 0.256. The Labute approximate surface area is 183 Å². The van der Waals surface area contributed by atoms with Crippen LogP contribution in [0.15, 0.2) is 68.8 Å². The Bertz CT molecular complexity index is 1130. The lowest BCUT2D eigenvalue weighted by Gasteiger charge is -2.15. The highest BCUT2D eigenvalue weighted by Crippen LogP contribution is 2.34. The third-order valence-corrected chi connectivity index (χ3v) is 6.66. The van der Waals surface area contributed by atoms with Crippen LogP contribution in [-0.2, 0) is 19.6 Å². The second-order valence-corrected chi connectivity index (χ2v) is 9.04. The van der Waals surface area contributed by atoms with Crippen molar-refractivity contribution in [2.45, 2.75) is 11.3 Å². The maximum Gasteiger partial charge on any atom is 0.284 e. The summed E-state index contributed by atoms with van der Waals surface area (Å²) in [5, 5.41) is 10.9. The summed E-state index contributed by atoms with van der Waals surface area (Å²) < 4.78 is 34.3. The molecule has 0 atom stereocenters. The van der Waals surface area contributed by atoms with Crippen LogP contribution in [0.3, 0.4) is 0 Å². The largest absolute Gasteiger partial charge is 0.385 e. The Morgan fingerprint density at radius 2 is 1.84 bits per heavy atom. The predicted octanol–water partition coefficient (Wildman–Crippen LogP) is 3.29. The number of methoxy groups -OCH3 is 1. The van der Waals surface area contributed by atoms with Gasteiger partial charge in [-0.25, -0.2) is 0 Å². The highest BCUT2D eigenvalue weighted by atomic mass is 32.2. The third kappa shape index (κ3) is 5.57. The molecule has 1 fully saturated rings. The van der Waals surface area contributed by atoms with Crippen LogP contribution in [0.25, 0.3) is 6.08 Å². The van der Waals surface area contributed by atoms with Gasteiger partial charge >= 0.3 is 0 Å². The minimum atomic E-state index is -4.00. The standard InChI is InChI=1S/C20H19N3O6S2/c1-29-13-5-12-22-19(24)18(14-15-8-10-16(11-9-15)23(25)26)30-20(22)21-31(27,28)17-6-3-2-4-7-17/h2-4,6-11,14H,5,12-13H2,1H3/b18-14-,21-20+. The van der Waals surface area contributed by atoms with Crippen LogP contribution in [-0.4, -0.2) is 49.6 Å². The van der Waals surface area contributed by atoms with Gasteiger partial charge in [-0.1, -0.05) is 18.2 Å². The predicted molar refractivity (Wildman–Crippen MR) is 118 cm³/mol. The number of amidine groups is 1. The van der Waals surface area contributed by atoms with E-state index in [-0.39, 0.29) is 33.1 Å². The van der Waals surface area contributed by atoms with E-state index in [2.05, 4.69) is 4.40 Å². The van der Waals surface area contributed by atoms with Gasteiger partial charge in [0.1, 0.15) is 0 Å². The number of amides is 1. The van der Waals surface area contributed by atoms with E-state index in [9.17, 15) is 23.3 Å². The van der Waals surface area contributed by atoms with Gasteiger partial charge in [-0.3, -0.25) is 19.8 Å². The summed E-state index contributed by atoms with van der Waals surface area (Å²) in [7, 11) is -2.47. The fraction of sp³-hybridized carbons (Fsp3) is 0.200. The maximum absolute atomic E-state index is 12.9. The van der Waals surface area contributed by atoms with Gasteiger partial charge < -0.3 is 4.74 Å². The van der Waals surface area contributed by atoms with Crippen LogP contribution in [0.4, 0.5) is 5.69 Å². The van der Waals surface area contributed by atoms with Gasteiger partial charge in [0.15, 0.2) is 5.17 Å². The van der Waals surface area contributed by atoms with Crippen molar-refractivity contribution in [3.63, 3.8) is 0 Å². The molecule has 0 saturated carbocycles. The first-order valence-corrected chi connectivity index (χ1v) is 11.4. The van der Waals surface area contributed by atoms with Crippen molar-refractivity contribution >= 4 is 44.6 Å². The van der Waals surface area contributed by atoms with E-state index >= 15 is 0 Å². The van der Waals surface area contributed by atoms with E-state index in [0.717, 1.165) is 11.8 Å². The summed E-state index contributed by atoms with van der Waals surface area (Å²) >= 11 is 0.945. The molecule has 2 aromatic carbocycles. The topological polar surface area (TPSA) is 119 Å². The SMILES string of the molecule is COCCCN1C(=O)/C(=C/c2ccc([N+](=O)[O-])cc2)S/C1=N/S(=O)(=O)c1ccccc1. The van der Waals surface area contributed by atoms with E-state index in [4.69, 9.17) is 4.74 Å². The zero-order chi connectivity index (χ0) is 22.4. The van der Waals surface area contributed by atoms with Gasteiger partial charge in [-0.15, -0.1) is 4.40 Å². The number of nitro benzene ring substituents is 1. The first kappa shape index (κ1) is 22.7. The number of sulfonamides is 1. The number of nitro groups is 1. The van der Waals surface area contributed by atoms with E-state index in [1.54, 1.807) is 24.3 Å². The minimum absolute atomic E-state index is 0.0280. The van der Waals surface area contributed by atoms with Crippen LogP contribution in [0.1, 0.15) is 12.0 Å². The molecule has 1 heterocycles. The second kappa shape index (κ2) is 9.86. The number of rotatable bonds is 8. The number of ether oxygens (including phenoxy) is 1. The van der Waals surface area contributed by atoms with Gasteiger partial charge in [-0.2, -0.15) is 8.42 Å². The summed E-state index contributed by atoms with van der Waals surface area (Å²) in [6.07, 6.45) is 2.05. The zero-order valence-electron chi connectivity index (χ0n) is 16.5. The van der Waals surface area contributed by atoms with Gasteiger partial charge in [0, 0.05) is 32.4 Å². The van der Waals surface area contributed by atoms with Crippen LogP contribution >= 0.6 is 11.8 Å². The lowest BCUT2D eigenvalue weighted by Crippen LogP contribution is -2.31. The first-order valence-electron chi connectivity index (χ1n) is 9.16. The summed E-state index contributed by atoms with van der Waals surface area (Å²) in [4.78, 5) is 24.8. The normalized spacial score (nSPS) is 16.9. The molecule has 0 N–H and O–H groups in total. The number of non-ortho nitro benzene ring substituents is 1. The number of benzene rings is 2. The van der Waals surface area contributed by atoms with E-state index < -0.39 is 14.9 Å². The van der Waals surface area contributed by atoms with Crippen molar-refractivity contribution in [3.05, 3.63) is 75.2 Å². The highest BCUT2D eigenvalue weighted by molar-refractivity contribution is 8.19. The molecule has 162 valence electrons. The number of hydrogen-bond donors (Lipinski definition) is 0. The molecule has 1 amide bonds. The Morgan fingerprint density at radius 1 is 1.16 bits per heavy atom. The molecule has 1 aliphatic rings. The Balaban J connectivity index is 1.94. The van der Waals surface area contributed by atoms with E-state index in [1.165, 1.54) is 48.4 Å². The van der Waals surface area contributed by atoms with Gasteiger partial charge in [-0.05, 0) is 54.1 Å². The summed E-state index contributed by atoms with van der Waals surface area (Å²) in [5.41, 5.74) is 0.510. The molecule has 31 heavy (non-hydrogen) atoms. The lowest BCUT2D eigenvalue weighted by molar-refractivity contribution is -0.384. The van der Waals surface area contributed by atoms with Crippen molar-refractivity contribution in [2.75, 3.05) is 20.3 Å². The summed E-state index contributed by atoms with van der Waals surface area (Å²) in [5.74, 6) is -0.388. The Hall–Kier alpha value is -3.02. The smallest absolute Gasteiger partial charge is 0.284 e. The molecule has 1 aliphatic heterocycles. The van der Waals surface area contributed by atoms with Crippen LogP contribution in [0, 0.1) is 10.1 Å². The molecule has 0 radical (unpaired) electrons. The Kier molecular flexibility index (Phi) is 7.21. The average molecular weight is 462 g/mol. The van der Waals surface area contributed by atoms with Gasteiger partial charge in [0.25, 0.3) is 21.6 Å². The molecular weight excluding hydrogens is 442 g/mol. The minimum Gasteiger partial charge on any atom is -0.385 e. The van der Waals surface area contributed by atoms with Crippen LogP contribution < -0.4 is 0 Å². The molecule has 9 nitrogen and oxygen atoms in total. The number of carbonyl (C=O) groups is 1. The summed E-state index contributed by atoms with van der Waals surface area (Å²) in [6.45, 7) is 0.634. The van der Waals surface area contributed by atoms with E-state index in [0.29, 0.717) is 18.6 Å². The van der Waals surface area contributed by atoms with Crippen molar-refractivity contribution < 1.29 is 22.9 Å². The van der Waals surface area contributed by atoms with Crippen molar-refractivity contribution in [1.82, 2.24) is 4.90 Å². The first-order chi connectivity index (χ1) is 14.8. The fourth-order valence-corrected chi connectivity index (χ4v) is 4.96. The number of nitrogens with zero attached hydrogens (tertiary/aromatic N) is 3. The zero-order valence-corrected chi connectivity index (χ0v) is 18.1. The third-order valence-electron chi connectivity index (χ3n) is 4.26. The highest BCUT2D eigenvalue weighted by Gasteiger charge is 2.34. The molecule has 0 unspecified atom stereocenters. The molecule has 1 saturated heterocycles. The fourth-order valence-electron chi connectivity index (χ4n) is 2.73. The molecule has 0 aromatic heterocycles. The molecule has 11 heteroatoms. The lowest BCUT2D eigenvalue weighted by atomic mass is 10.2. The second-order valence-electron chi connectivity index (χ2n) is 6.42. The van der Waals surface area contributed by atoms with E-state index in [1.807, 2.05) is 0 Å². The molecule has 0 spiro atoms. The summed E-state index contributed by atoms with van der Waals surface area (Å²) in [6, 6.07) is 13.5.